The lowest BCUT2D eigenvalue weighted by molar-refractivity contribution is -0.139. The number of carbonyl (C=O) groups is 3. The van der Waals surface area contributed by atoms with Crippen molar-refractivity contribution in [1.29, 1.82) is 0 Å². The van der Waals surface area contributed by atoms with Gasteiger partial charge in [-0.2, -0.15) is 12.6 Å². The standard InChI is InChI=1S/C5H12N2O2.C4H9NO3.C4H9NO2S/c6-3-1-2-4(7)5(8)9;5-3(1-2-6)4(7)8;5-3(1-2-8)4(6)7/h4H,1-3,6-7H2,(H,8,9);3,6H,1-2,5H2,(H,7,8);3,8H,1-2,5H2,(H,6,7). The van der Waals surface area contributed by atoms with E-state index in [-0.39, 0.29) is 13.0 Å². The van der Waals surface area contributed by atoms with Gasteiger partial charge in [0.05, 0.1) is 0 Å². The summed E-state index contributed by atoms with van der Waals surface area (Å²) in [7, 11) is 0. The number of aliphatic carboxylic acids is 3. The van der Waals surface area contributed by atoms with Crippen LogP contribution in [0.3, 0.4) is 0 Å². The highest BCUT2D eigenvalue weighted by molar-refractivity contribution is 7.80. The second-order valence-corrected chi connectivity index (χ2v) is 5.24. The average Bonchev–Trinajstić information content (AvgIpc) is 2.53. The van der Waals surface area contributed by atoms with Gasteiger partial charge in [-0.15, -0.1) is 0 Å². The Balaban J connectivity index is -0.000000291. The average molecular weight is 386 g/mol. The van der Waals surface area contributed by atoms with Gasteiger partial charge in [0.25, 0.3) is 0 Å². The highest BCUT2D eigenvalue weighted by Gasteiger charge is 2.09. The zero-order valence-corrected chi connectivity index (χ0v) is 14.8. The molecule has 0 aliphatic rings. The molecule has 12 N–H and O–H groups in total. The Hall–Kier alpha value is -1.44. The van der Waals surface area contributed by atoms with Crippen LogP contribution >= 0.6 is 12.6 Å². The second kappa shape index (κ2) is 18.9. The molecular weight excluding hydrogens is 356 g/mol. The number of hydrogen-bond acceptors (Lipinski definition) is 9. The molecule has 0 aromatic rings. The van der Waals surface area contributed by atoms with Crippen LogP contribution in [0.25, 0.3) is 0 Å². The van der Waals surface area contributed by atoms with Crippen molar-refractivity contribution in [3.05, 3.63) is 0 Å². The van der Waals surface area contributed by atoms with Crippen molar-refractivity contribution in [3.8, 4) is 0 Å². The largest absolute Gasteiger partial charge is 0.480 e. The molecule has 0 fully saturated rings. The third kappa shape index (κ3) is 22.6. The van der Waals surface area contributed by atoms with Crippen LogP contribution in [0.4, 0.5) is 0 Å². The number of carboxylic acids is 3. The molecule has 150 valence electrons. The van der Waals surface area contributed by atoms with Crippen LogP contribution in [0.2, 0.25) is 0 Å². The van der Waals surface area contributed by atoms with Crippen molar-refractivity contribution in [2.75, 3.05) is 18.9 Å². The molecule has 0 saturated heterocycles. The zero-order valence-electron chi connectivity index (χ0n) is 14.0. The van der Waals surface area contributed by atoms with Gasteiger partial charge < -0.3 is 43.4 Å². The molecule has 3 unspecified atom stereocenters. The predicted molar refractivity (Wildman–Crippen MR) is 95.3 cm³/mol. The van der Waals surface area contributed by atoms with Gasteiger partial charge >= 0.3 is 17.9 Å². The van der Waals surface area contributed by atoms with E-state index in [0.29, 0.717) is 31.6 Å². The predicted octanol–water partition coefficient (Wildman–Crippen LogP) is -2.36. The van der Waals surface area contributed by atoms with E-state index in [2.05, 4.69) is 12.6 Å². The van der Waals surface area contributed by atoms with E-state index in [4.69, 9.17) is 43.4 Å². The van der Waals surface area contributed by atoms with Crippen LogP contribution in [0, 0.1) is 0 Å². The molecule has 25 heavy (non-hydrogen) atoms. The van der Waals surface area contributed by atoms with Crippen molar-refractivity contribution in [3.63, 3.8) is 0 Å². The molecule has 0 rings (SSSR count). The quantitative estimate of drug-likeness (QED) is 0.180. The monoisotopic (exact) mass is 386 g/mol. The summed E-state index contributed by atoms with van der Waals surface area (Å²) < 4.78 is 0. The first kappa shape index (κ1) is 28.4. The lowest BCUT2D eigenvalue weighted by Gasteiger charge is -2.02. The maximum Gasteiger partial charge on any atom is 0.320 e. The van der Waals surface area contributed by atoms with Crippen molar-refractivity contribution >= 4 is 30.5 Å². The molecule has 0 aromatic heterocycles. The first-order valence-corrected chi connectivity index (χ1v) is 8.05. The Morgan fingerprint density at radius 1 is 0.800 bits per heavy atom. The van der Waals surface area contributed by atoms with E-state index < -0.39 is 36.0 Å². The van der Waals surface area contributed by atoms with Crippen LogP contribution in [0.15, 0.2) is 0 Å². The summed E-state index contributed by atoms with van der Waals surface area (Å²) in [5.41, 5.74) is 20.3. The summed E-state index contributed by atoms with van der Waals surface area (Å²) in [4.78, 5) is 29.8. The number of hydrogen-bond donors (Lipinski definition) is 9. The third-order valence-corrected chi connectivity index (χ3v) is 2.81. The van der Waals surface area contributed by atoms with E-state index >= 15 is 0 Å². The summed E-state index contributed by atoms with van der Waals surface area (Å²) in [6.07, 6.45) is 1.69. The molecule has 0 heterocycles. The summed E-state index contributed by atoms with van der Waals surface area (Å²) in [6.45, 7) is 0.328. The molecule has 0 spiro atoms. The smallest absolute Gasteiger partial charge is 0.320 e. The van der Waals surface area contributed by atoms with Gasteiger partial charge in [0, 0.05) is 6.61 Å². The molecule has 12 heteroatoms. The van der Waals surface area contributed by atoms with Crippen LogP contribution in [0.1, 0.15) is 25.7 Å². The fraction of sp³-hybridized carbons (Fsp3) is 0.769. The summed E-state index contributed by atoms with van der Waals surface area (Å²) in [5.74, 6) is -2.46. The zero-order chi connectivity index (χ0) is 20.4. The number of aliphatic hydroxyl groups is 1. The fourth-order valence-corrected chi connectivity index (χ4v) is 1.26. The lowest BCUT2D eigenvalue weighted by atomic mass is 10.2. The fourth-order valence-electron chi connectivity index (χ4n) is 0.986. The Morgan fingerprint density at radius 3 is 1.36 bits per heavy atom. The maximum absolute atomic E-state index is 10.0. The Labute approximate surface area is 151 Å². The summed E-state index contributed by atoms with van der Waals surface area (Å²) >= 11 is 3.81. The third-order valence-electron chi connectivity index (χ3n) is 2.55. The minimum atomic E-state index is -1.07. The number of rotatable bonds is 10. The van der Waals surface area contributed by atoms with E-state index in [0.717, 1.165) is 0 Å². The van der Waals surface area contributed by atoms with E-state index in [9.17, 15) is 14.4 Å². The second-order valence-electron chi connectivity index (χ2n) is 4.79. The minimum absolute atomic E-state index is 0.120. The Kier molecular flexibility index (Phi) is 21.4. The topological polar surface area (TPSA) is 236 Å². The van der Waals surface area contributed by atoms with Gasteiger partial charge in [0.1, 0.15) is 18.1 Å². The first-order chi connectivity index (χ1) is 11.5. The molecular formula is C13H30N4O7S. The number of nitrogens with two attached hydrogens (primary N) is 4. The molecule has 0 saturated carbocycles. The Bertz CT molecular complexity index is 352. The molecule has 11 nitrogen and oxygen atoms in total. The van der Waals surface area contributed by atoms with Gasteiger partial charge in [-0.3, -0.25) is 14.4 Å². The molecule has 0 bridgehead atoms. The van der Waals surface area contributed by atoms with E-state index in [1.165, 1.54) is 0 Å². The molecule has 3 atom stereocenters. The Morgan fingerprint density at radius 2 is 1.16 bits per heavy atom. The highest BCUT2D eigenvalue weighted by atomic mass is 32.1. The van der Waals surface area contributed by atoms with Gasteiger partial charge in [0.15, 0.2) is 0 Å². The van der Waals surface area contributed by atoms with Crippen molar-refractivity contribution in [2.45, 2.75) is 43.8 Å². The molecule has 0 aliphatic carbocycles. The number of thiol groups is 1. The first-order valence-electron chi connectivity index (χ1n) is 7.41. The number of aliphatic hydroxyl groups excluding tert-OH is 1. The van der Waals surface area contributed by atoms with Crippen molar-refractivity contribution in [1.82, 2.24) is 0 Å². The SMILES string of the molecule is NC(CCO)C(=O)O.NC(CCS)C(=O)O.NCCCC(N)C(=O)O. The summed E-state index contributed by atoms with van der Waals surface area (Å²) in [5, 5.41) is 32.6. The molecule has 0 radical (unpaired) electrons. The van der Waals surface area contributed by atoms with Gasteiger partial charge in [-0.25, -0.2) is 0 Å². The number of carboxylic acid groups (broad SMARTS) is 3. The lowest BCUT2D eigenvalue weighted by Crippen LogP contribution is -2.30. The van der Waals surface area contributed by atoms with Crippen LogP contribution in [-0.2, 0) is 14.4 Å². The molecule has 0 aliphatic heterocycles. The normalized spacial score (nSPS) is 13.2. The van der Waals surface area contributed by atoms with Gasteiger partial charge in [-0.1, -0.05) is 0 Å². The molecule has 0 aromatic carbocycles. The van der Waals surface area contributed by atoms with Crippen LogP contribution in [-0.4, -0.2) is 75.4 Å². The van der Waals surface area contributed by atoms with Gasteiger partial charge in [-0.05, 0) is 38.0 Å². The van der Waals surface area contributed by atoms with Crippen molar-refractivity contribution in [2.24, 2.45) is 22.9 Å². The summed E-state index contributed by atoms with van der Waals surface area (Å²) in [6, 6.07) is -2.40. The van der Waals surface area contributed by atoms with E-state index in [1.807, 2.05) is 0 Å². The van der Waals surface area contributed by atoms with Crippen LogP contribution < -0.4 is 22.9 Å². The van der Waals surface area contributed by atoms with Crippen molar-refractivity contribution < 1.29 is 34.8 Å². The maximum atomic E-state index is 10.0. The van der Waals surface area contributed by atoms with Gasteiger partial charge in [0.2, 0.25) is 0 Å². The minimum Gasteiger partial charge on any atom is -0.480 e. The van der Waals surface area contributed by atoms with Crippen LogP contribution in [0.5, 0.6) is 0 Å². The van der Waals surface area contributed by atoms with E-state index in [1.54, 1.807) is 0 Å². The highest BCUT2D eigenvalue weighted by Crippen LogP contribution is 1.91. The molecule has 0 amide bonds.